The maximum absolute atomic E-state index is 12.2. The van der Waals surface area contributed by atoms with Crippen LogP contribution < -0.4 is 5.32 Å². The minimum atomic E-state index is 0.230. The zero-order valence-corrected chi connectivity index (χ0v) is 12.6. The lowest BCUT2D eigenvalue weighted by molar-refractivity contribution is -0.131. The van der Waals surface area contributed by atoms with Crippen LogP contribution in [0.5, 0.6) is 0 Å². The van der Waals surface area contributed by atoms with Gasteiger partial charge in [0.1, 0.15) is 5.01 Å². The molecule has 4 nitrogen and oxygen atoms in total. The smallest absolute Gasteiger partial charge is 0.222 e. The highest BCUT2D eigenvalue weighted by atomic mass is 32.1. The summed E-state index contributed by atoms with van der Waals surface area (Å²) in [6.45, 7) is 5.02. The SMILES string of the molecule is CC(CC(=O)N(C)Cc1nccs1)C1CCCNC1. The first-order valence-corrected chi connectivity index (χ1v) is 7.88. The van der Waals surface area contributed by atoms with Gasteiger partial charge in [-0.25, -0.2) is 4.98 Å². The van der Waals surface area contributed by atoms with Crippen molar-refractivity contribution in [2.45, 2.75) is 32.7 Å². The number of hydrogen-bond donors (Lipinski definition) is 1. The second-order valence-corrected chi connectivity index (χ2v) is 6.44. The number of hydrogen-bond acceptors (Lipinski definition) is 4. The molecule has 1 aromatic heterocycles. The molecule has 0 spiro atoms. The van der Waals surface area contributed by atoms with Crippen LogP contribution >= 0.6 is 11.3 Å². The molecule has 1 aliphatic heterocycles. The highest BCUT2D eigenvalue weighted by molar-refractivity contribution is 7.09. The molecule has 1 fully saturated rings. The molecule has 1 N–H and O–H groups in total. The molecule has 2 atom stereocenters. The second-order valence-electron chi connectivity index (χ2n) is 5.46. The molecule has 0 aliphatic carbocycles. The standard InChI is InChI=1S/C14H23N3OS/c1-11(12-4-3-5-15-9-12)8-14(18)17(2)10-13-16-6-7-19-13/h6-7,11-12,15H,3-5,8-10H2,1-2H3. The summed E-state index contributed by atoms with van der Waals surface area (Å²) in [6, 6.07) is 0. The molecule has 5 heteroatoms. The Labute approximate surface area is 119 Å². The van der Waals surface area contributed by atoms with Crippen molar-refractivity contribution in [2.24, 2.45) is 11.8 Å². The van der Waals surface area contributed by atoms with Gasteiger partial charge in [0, 0.05) is 25.0 Å². The molecule has 1 aliphatic rings. The lowest BCUT2D eigenvalue weighted by atomic mass is 9.85. The van der Waals surface area contributed by atoms with Crippen LogP contribution in [0.2, 0.25) is 0 Å². The van der Waals surface area contributed by atoms with Crippen LogP contribution in [-0.2, 0) is 11.3 Å². The Morgan fingerprint density at radius 2 is 2.53 bits per heavy atom. The average Bonchev–Trinajstić information content (AvgIpc) is 2.92. The van der Waals surface area contributed by atoms with E-state index in [1.807, 2.05) is 12.4 Å². The molecular formula is C14H23N3OS. The van der Waals surface area contributed by atoms with Gasteiger partial charge in [0.2, 0.25) is 5.91 Å². The summed E-state index contributed by atoms with van der Waals surface area (Å²) in [5.74, 6) is 1.33. The second kappa shape index (κ2) is 7.01. The van der Waals surface area contributed by atoms with E-state index in [-0.39, 0.29) is 5.91 Å². The van der Waals surface area contributed by atoms with Crippen LogP contribution in [0.15, 0.2) is 11.6 Å². The fourth-order valence-corrected chi connectivity index (χ4v) is 3.25. The van der Waals surface area contributed by atoms with E-state index in [0.717, 1.165) is 18.1 Å². The summed E-state index contributed by atoms with van der Waals surface area (Å²) in [5, 5.41) is 6.37. The number of rotatable bonds is 5. The highest BCUT2D eigenvalue weighted by Gasteiger charge is 2.23. The number of piperidine rings is 1. The summed E-state index contributed by atoms with van der Waals surface area (Å²) in [5.41, 5.74) is 0. The lowest BCUT2D eigenvalue weighted by Gasteiger charge is -2.29. The van der Waals surface area contributed by atoms with Crippen molar-refractivity contribution in [2.75, 3.05) is 20.1 Å². The first-order valence-electron chi connectivity index (χ1n) is 7.00. The van der Waals surface area contributed by atoms with E-state index in [0.29, 0.717) is 24.8 Å². The number of nitrogens with one attached hydrogen (secondary N) is 1. The number of aromatic nitrogens is 1. The van der Waals surface area contributed by atoms with Crippen molar-refractivity contribution >= 4 is 17.2 Å². The fourth-order valence-electron chi connectivity index (χ4n) is 2.58. The molecule has 0 aromatic carbocycles. The number of nitrogens with zero attached hydrogens (tertiary/aromatic N) is 2. The summed E-state index contributed by atoms with van der Waals surface area (Å²) < 4.78 is 0. The molecule has 106 valence electrons. The molecule has 0 radical (unpaired) electrons. The Morgan fingerprint density at radius 3 is 3.16 bits per heavy atom. The van der Waals surface area contributed by atoms with Crippen molar-refractivity contribution in [3.8, 4) is 0 Å². The lowest BCUT2D eigenvalue weighted by Crippen LogP contribution is -2.36. The number of amides is 1. The van der Waals surface area contributed by atoms with Crippen molar-refractivity contribution in [1.82, 2.24) is 15.2 Å². The molecule has 2 unspecified atom stereocenters. The van der Waals surface area contributed by atoms with Crippen LogP contribution in [0.3, 0.4) is 0 Å². The third kappa shape index (κ3) is 4.28. The van der Waals surface area contributed by atoms with Crippen LogP contribution in [0.25, 0.3) is 0 Å². The zero-order chi connectivity index (χ0) is 13.7. The largest absolute Gasteiger partial charge is 0.339 e. The highest BCUT2D eigenvalue weighted by Crippen LogP contribution is 2.23. The van der Waals surface area contributed by atoms with E-state index in [9.17, 15) is 4.79 Å². The van der Waals surface area contributed by atoms with Gasteiger partial charge in [-0.05, 0) is 37.8 Å². The van der Waals surface area contributed by atoms with Gasteiger partial charge in [0.15, 0.2) is 0 Å². The first-order chi connectivity index (χ1) is 9.16. The molecule has 1 saturated heterocycles. The summed E-state index contributed by atoms with van der Waals surface area (Å²) >= 11 is 1.60. The van der Waals surface area contributed by atoms with Gasteiger partial charge in [0.25, 0.3) is 0 Å². The van der Waals surface area contributed by atoms with Crippen LogP contribution in [0.1, 0.15) is 31.2 Å². The Balaban J connectivity index is 1.79. The summed E-state index contributed by atoms with van der Waals surface area (Å²) in [4.78, 5) is 18.2. The number of carbonyl (C=O) groups is 1. The van der Waals surface area contributed by atoms with Crippen LogP contribution in [-0.4, -0.2) is 35.9 Å². The minimum Gasteiger partial charge on any atom is -0.339 e. The molecule has 0 bridgehead atoms. The zero-order valence-electron chi connectivity index (χ0n) is 11.8. The van der Waals surface area contributed by atoms with E-state index >= 15 is 0 Å². The monoisotopic (exact) mass is 281 g/mol. The molecule has 1 aromatic rings. The van der Waals surface area contributed by atoms with E-state index < -0.39 is 0 Å². The third-order valence-electron chi connectivity index (χ3n) is 3.92. The summed E-state index contributed by atoms with van der Waals surface area (Å²) in [6.07, 6.45) is 4.92. The van der Waals surface area contributed by atoms with Gasteiger partial charge >= 0.3 is 0 Å². The number of thiazole rings is 1. The Morgan fingerprint density at radius 1 is 1.68 bits per heavy atom. The van der Waals surface area contributed by atoms with Gasteiger partial charge in [-0.1, -0.05) is 6.92 Å². The van der Waals surface area contributed by atoms with Crippen LogP contribution in [0.4, 0.5) is 0 Å². The van der Waals surface area contributed by atoms with Crippen molar-refractivity contribution < 1.29 is 4.79 Å². The molecule has 2 rings (SSSR count). The van der Waals surface area contributed by atoms with E-state index in [4.69, 9.17) is 0 Å². The van der Waals surface area contributed by atoms with E-state index in [1.54, 1.807) is 22.4 Å². The summed E-state index contributed by atoms with van der Waals surface area (Å²) in [7, 11) is 1.87. The molecule has 2 heterocycles. The quantitative estimate of drug-likeness (QED) is 0.899. The minimum absolute atomic E-state index is 0.230. The van der Waals surface area contributed by atoms with Crippen LogP contribution in [0, 0.1) is 11.8 Å². The van der Waals surface area contributed by atoms with E-state index in [1.165, 1.54) is 12.8 Å². The van der Waals surface area contributed by atoms with E-state index in [2.05, 4.69) is 17.2 Å². The Kier molecular flexibility index (Phi) is 5.34. The predicted octanol–water partition coefficient (Wildman–Crippen LogP) is 2.13. The van der Waals surface area contributed by atoms with Crippen molar-refractivity contribution in [3.63, 3.8) is 0 Å². The third-order valence-corrected chi connectivity index (χ3v) is 4.68. The van der Waals surface area contributed by atoms with Gasteiger partial charge in [0.05, 0.1) is 6.54 Å². The van der Waals surface area contributed by atoms with Crippen molar-refractivity contribution in [3.05, 3.63) is 16.6 Å². The van der Waals surface area contributed by atoms with Gasteiger partial charge in [-0.15, -0.1) is 11.3 Å². The fraction of sp³-hybridized carbons (Fsp3) is 0.714. The molecule has 1 amide bonds. The van der Waals surface area contributed by atoms with Gasteiger partial charge < -0.3 is 10.2 Å². The molecule has 19 heavy (non-hydrogen) atoms. The van der Waals surface area contributed by atoms with Crippen molar-refractivity contribution in [1.29, 1.82) is 0 Å². The molecule has 0 saturated carbocycles. The Bertz CT molecular complexity index is 387. The predicted molar refractivity (Wildman–Crippen MR) is 78.0 cm³/mol. The average molecular weight is 281 g/mol. The maximum atomic E-state index is 12.2. The maximum Gasteiger partial charge on any atom is 0.222 e. The number of carbonyl (C=O) groups excluding carboxylic acids is 1. The molecular weight excluding hydrogens is 258 g/mol. The van der Waals surface area contributed by atoms with Gasteiger partial charge in [-0.2, -0.15) is 0 Å². The first kappa shape index (κ1) is 14.5. The topological polar surface area (TPSA) is 45.2 Å². The Hall–Kier alpha value is -0.940. The van der Waals surface area contributed by atoms with Gasteiger partial charge in [-0.3, -0.25) is 4.79 Å². The normalized spacial score (nSPS) is 21.1.